The Balaban J connectivity index is 4.15. The molecule has 94 valence electrons. The number of carbonyl (C=O) groups excluding carboxylic acids is 1. The van der Waals surface area contributed by atoms with Crippen molar-refractivity contribution >= 4 is 12.0 Å². The molecule has 0 heterocycles. The first-order chi connectivity index (χ1) is 7.54. The highest BCUT2D eigenvalue weighted by atomic mass is 16.4. The van der Waals surface area contributed by atoms with Gasteiger partial charge >= 0.3 is 12.0 Å². The number of hydrogen-bond donors (Lipinski definition) is 2. The maximum Gasteiger partial charge on any atom is 0.323 e. The lowest BCUT2D eigenvalue weighted by atomic mass is 10.0. The fraction of sp³-hybridized carbons (Fsp3) is 0.818. The van der Waals surface area contributed by atoms with Crippen molar-refractivity contribution in [1.29, 1.82) is 0 Å². The number of carboxylic acid groups (broad SMARTS) is 1. The van der Waals surface area contributed by atoms with Crippen molar-refractivity contribution in [1.82, 2.24) is 10.2 Å². The molecule has 0 aliphatic rings. The van der Waals surface area contributed by atoms with E-state index >= 15 is 0 Å². The van der Waals surface area contributed by atoms with Gasteiger partial charge in [-0.2, -0.15) is 0 Å². The fourth-order valence-corrected chi connectivity index (χ4v) is 1.48. The third-order valence-electron chi connectivity index (χ3n) is 2.69. The molecular formula is C11H22N2O3. The first-order valence-electron chi connectivity index (χ1n) is 5.79. The predicted octanol–water partition coefficient (Wildman–Crippen LogP) is 1.54. The summed E-state index contributed by atoms with van der Waals surface area (Å²) in [6.07, 6.45) is 2.05. The van der Waals surface area contributed by atoms with E-state index in [0.717, 1.165) is 12.8 Å². The van der Waals surface area contributed by atoms with Crippen molar-refractivity contribution in [3.63, 3.8) is 0 Å². The van der Waals surface area contributed by atoms with Gasteiger partial charge in [-0.1, -0.05) is 26.7 Å². The molecule has 0 aromatic heterocycles. The smallest absolute Gasteiger partial charge is 0.323 e. The molecule has 0 radical (unpaired) electrons. The van der Waals surface area contributed by atoms with Crippen LogP contribution in [0.25, 0.3) is 0 Å². The van der Waals surface area contributed by atoms with Crippen molar-refractivity contribution in [3.05, 3.63) is 0 Å². The van der Waals surface area contributed by atoms with Crippen LogP contribution >= 0.6 is 0 Å². The summed E-state index contributed by atoms with van der Waals surface area (Å²) in [6, 6.07) is -0.295. The van der Waals surface area contributed by atoms with E-state index in [1.54, 1.807) is 4.90 Å². The highest BCUT2D eigenvalue weighted by molar-refractivity contribution is 5.79. The highest BCUT2D eigenvalue weighted by Gasteiger charge is 2.15. The zero-order chi connectivity index (χ0) is 12.6. The Hall–Kier alpha value is -1.26. The normalized spacial score (nSPS) is 10.2. The molecule has 5 nitrogen and oxygen atoms in total. The van der Waals surface area contributed by atoms with Crippen LogP contribution in [0.4, 0.5) is 4.79 Å². The molecule has 0 saturated carbocycles. The Morgan fingerprint density at radius 1 is 1.25 bits per heavy atom. The van der Waals surface area contributed by atoms with Gasteiger partial charge in [0, 0.05) is 13.1 Å². The van der Waals surface area contributed by atoms with Crippen LogP contribution in [-0.2, 0) is 4.79 Å². The zero-order valence-electron chi connectivity index (χ0n) is 10.3. The third-order valence-corrected chi connectivity index (χ3v) is 2.69. The number of urea groups is 1. The van der Waals surface area contributed by atoms with Gasteiger partial charge in [0.05, 0.1) is 0 Å². The molecule has 0 spiro atoms. The molecule has 0 aromatic carbocycles. The van der Waals surface area contributed by atoms with Crippen LogP contribution in [0.5, 0.6) is 0 Å². The van der Waals surface area contributed by atoms with Gasteiger partial charge in [0.2, 0.25) is 0 Å². The van der Waals surface area contributed by atoms with Gasteiger partial charge in [-0.05, 0) is 12.8 Å². The quantitative estimate of drug-likeness (QED) is 0.697. The molecule has 0 aliphatic heterocycles. The Kier molecular flexibility index (Phi) is 7.33. The monoisotopic (exact) mass is 230 g/mol. The molecule has 0 aliphatic carbocycles. The predicted molar refractivity (Wildman–Crippen MR) is 62.4 cm³/mol. The number of aliphatic carboxylic acids is 1. The van der Waals surface area contributed by atoms with E-state index in [-0.39, 0.29) is 12.6 Å². The van der Waals surface area contributed by atoms with Crippen LogP contribution in [-0.4, -0.2) is 41.6 Å². The second kappa shape index (κ2) is 7.96. The van der Waals surface area contributed by atoms with Gasteiger partial charge in [-0.25, -0.2) is 4.79 Å². The summed E-state index contributed by atoms with van der Waals surface area (Å²) in [5.41, 5.74) is 0. The van der Waals surface area contributed by atoms with Crippen LogP contribution in [0.2, 0.25) is 0 Å². The number of amides is 2. The first kappa shape index (κ1) is 14.7. The Morgan fingerprint density at radius 3 is 2.19 bits per heavy atom. The number of carbonyl (C=O) groups is 2. The Morgan fingerprint density at radius 2 is 1.81 bits per heavy atom. The summed E-state index contributed by atoms with van der Waals surface area (Å²) < 4.78 is 0. The van der Waals surface area contributed by atoms with E-state index in [0.29, 0.717) is 19.0 Å². The van der Waals surface area contributed by atoms with Crippen LogP contribution in [0.3, 0.4) is 0 Å². The Labute approximate surface area is 96.8 Å². The maximum atomic E-state index is 11.6. The molecule has 16 heavy (non-hydrogen) atoms. The van der Waals surface area contributed by atoms with Gasteiger partial charge in [0.25, 0.3) is 0 Å². The van der Waals surface area contributed by atoms with E-state index < -0.39 is 5.97 Å². The molecule has 2 N–H and O–H groups in total. The van der Waals surface area contributed by atoms with Crippen molar-refractivity contribution in [2.75, 3.05) is 19.6 Å². The number of nitrogens with zero attached hydrogens (tertiary/aromatic N) is 1. The summed E-state index contributed by atoms with van der Waals surface area (Å²) in [5, 5.41) is 10.8. The minimum atomic E-state index is -1.02. The zero-order valence-corrected chi connectivity index (χ0v) is 10.3. The number of hydrogen-bond acceptors (Lipinski definition) is 2. The SMILES string of the molecule is CCC(CC)CN(CC)C(=O)NCC(=O)O. The second-order valence-electron chi connectivity index (χ2n) is 3.77. The summed E-state index contributed by atoms with van der Waals surface area (Å²) in [5.74, 6) is -0.539. The molecule has 0 rings (SSSR count). The lowest BCUT2D eigenvalue weighted by Crippen LogP contribution is -2.43. The van der Waals surface area contributed by atoms with Crippen molar-refractivity contribution in [2.45, 2.75) is 33.6 Å². The lowest BCUT2D eigenvalue weighted by molar-refractivity contribution is -0.135. The molecular weight excluding hydrogens is 208 g/mol. The van der Waals surface area contributed by atoms with Gasteiger partial charge in [0.1, 0.15) is 6.54 Å². The number of rotatable bonds is 7. The molecule has 2 amide bonds. The molecule has 0 unspecified atom stereocenters. The average Bonchev–Trinajstić information content (AvgIpc) is 2.27. The number of nitrogens with one attached hydrogen (secondary N) is 1. The molecule has 0 aromatic rings. The molecule has 5 heteroatoms. The van der Waals surface area contributed by atoms with Gasteiger partial charge in [-0.15, -0.1) is 0 Å². The lowest BCUT2D eigenvalue weighted by Gasteiger charge is -2.25. The molecule has 0 saturated heterocycles. The largest absolute Gasteiger partial charge is 0.480 e. The van der Waals surface area contributed by atoms with E-state index in [2.05, 4.69) is 19.2 Å². The standard InChI is InChI=1S/C11H22N2O3/c1-4-9(5-2)8-13(6-3)11(16)12-7-10(14)15/h9H,4-8H2,1-3H3,(H,12,16)(H,14,15). The molecule has 0 atom stereocenters. The first-order valence-corrected chi connectivity index (χ1v) is 5.79. The van der Waals surface area contributed by atoms with Crippen LogP contribution in [0.15, 0.2) is 0 Å². The van der Waals surface area contributed by atoms with Crippen LogP contribution in [0, 0.1) is 5.92 Å². The minimum Gasteiger partial charge on any atom is -0.480 e. The van der Waals surface area contributed by atoms with Crippen LogP contribution < -0.4 is 5.32 Å². The van der Waals surface area contributed by atoms with E-state index in [1.807, 2.05) is 6.92 Å². The highest BCUT2D eigenvalue weighted by Crippen LogP contribution is 2.09. The third kappa shape index (κ3) is 5.58. The van der Waals surface area contributed by atoms with Crippen molar-refractivity contribution in [3.8, 4) is 0 Å². The van der Waals surface area contributed by atoms with Gasteiger partial charge in [0.15, 0.2) is 0 Å². The molecule has 0 bridgehead atoms. The van der Waals surface area contributed by atoms with Gasteiger partial charge < -0.3 is 15.3 Å². The number of carboxylic acids is 1. The topological polar surface area (TPSA) is 69.6 Å². The summed E-state index contributed by atoms with van der Waals surface area (Å²) >= 11 is 0. The van der Waals surface area contributed by atoms with Crippen LogP contribution in [0.1, 0.15) is 33.6 Å². The average molecular weight is 230 g/mol. The maximum absolute atomic E-state index is 11.6. The summed E-state index contributed by atoms with van der Waals surface area (Å²) in [4.78, 5) is 23.6. The minimum absolute atomic E-state index is 0.295. The second-order valence-corrected chi connectivity index (χ2v) is 3.77. The van der Waals surface area contributed by atoms with Crippen molar-refractivity contribution < 1.29 is 14.7 Å². The van der Waals surface area contributed by atoms with Gasteiger partial charge in [-0.3, -0.25) is 4.79 Å². The fourth-order valence-electron chi connectivity index (χ4n) is 1.48. The van der Waals surface area contributed by atoms with E-state index in [9.17, 15) is 9.59 Å². The summed E-state index contributed by atoms with van der Waals surface area (Å²) in [7, 11) is 0. The summed E-state index contributed by atoms with van der Waals surface area (Å²) in [6.45, 7) is 7.05. The Bertz CT molecular complexity index is 227. The van der Waals surface area contributed by atoms with E-state index in [1.165, 1.54) is 0 Å². The van der Waals surface area contributed by atoms with E-state index in [4.69, 9.17) is 5.11 Å². The van der Waals surface area contributed by atoms with Crippen molar-refractivity contribution in [2.24, 2.45) is 5.92 Å². The molecule has 0 fully saturated rings.